The molecule has 1 aliphatic rings. The largest absolute Gasteiger partial charge is 0.367 e. The van der Waals surface area contributed by atoms with Gasteiger partial charge in [-0.05, 0) is 25.0 Å². The fraction of sp³-hybridized carbons (Fsp3) is 0.300. The molecule has 0 fully saturated rings. The maximum atomic E-state index is 12.7. The van der Waals surface area contributed by atoms with Gasteiger partial charge in [-0.1, -0.05) is 18.2 Å². The smallest absolute Gasteiger partial charge is 0.214 e. The molecule has 0 spiro atoms. The van der Waals surface area contributed by atoms with E-state index < -0.39 is 5.95 Å². The average molecular weight is 178 g/mol. The van der Waals surface area contributed by atoms with Crippen molar-refractivity contribution in [2.75, 3.05) is 5.32 Å². The number of hydrogen-bond acceptors (Lipinski definition) is 2. The Kier molecular flexibility index (Phi) is 2.25. The summed E-state index contributed by atoms with van der Waals surface area (Å²) in [6.07, 6.45) is 6.24. The summed E-state index contributed by atoms with van der Waals surface area (Å²) in [5, 5.41) is 3.17. The number of hydrogen-bond donors (Lipinski definition) is 1. The molecule has 0 unspecified atom stereocenters. The van der Waals surface area contributed by atoms with Gasteiger partial charge >= 0.3 is 0 Å². The summed E-state index contributed by atoms with van der Waals surface area (Å²) < 4.78 is 12.7. The second-order valence-electron chi connectivity index (χ2n) is 3.13. The molecule has 0 saturated heterocycles. The summed E-state index contributed by atoms with van der Waals surface area (Å²) in [6.45, 7) is 0. The molecular weight excluding hydrogens is 167 g/mol. The Bertz CT molecular complexity index is 314. The summed E-state index contributed by atoms with van der Waals surface area (Å²) in [6, 6.07) is 5.17. The molecule has 1 heterocycles. The number of aromatic nitrogens is 1. The fourth-order valence-corrected chi connectivity index (χ4v) is 1.43. The topological polar surface area (TPSA) is 24.9 Å². The number of rotatable bonds is 2. The predicted octanol–water partition coefficient (Wildman–Crippen LogP) is 2.35. The van der Waals surface area contributed by atoms with Gasteiger partial charge in [0.2, 0.25) is 5.95 Å². The zero-order valence-corrected chi connectivity index (χ0v) is 7.20. The van der Waals surface area contributed by atoms with Crippen LogP contribution in [0.1, 0.15) is 12.8 Å². The average Bonchev–Trinajstić information content (AvgIpc) is 2.57. The molecular formula is C10H11FN2. The van der Waals surface area contributed by atoms with E-state index in [0.29, 0.717) is 11.9 Å². The van der Waals surface area contributed by atoms with Crippen molar-refractivity contribution >= 4 is 5.82 Å². The number of nitrogens with one attached hydrogen (secondary N) is 1. The minimum atomic E-state index is -0.434. The Labute approximate surface area is 76.5 Å². The Balaban J connectivity index is 2.01. The highest BCUT2D eigenvalue weighted by molar-refractivity contribution is 5.35. The van der Waals surface area contributed by atoms with Gasteiger partial charge in [0.15, 0.2) is 0 Å². The van der Waals surface area contributed by atoms with E-state index >= 15 is 0 Å². The minimum Gasteiger partial charge on any atom is -0.367 e. The van der Waals surface area contributed by atoms with Crippen LogP contribution >= 0.6 is 0 Å². The second-order valence-corrected chi connectivity index (χ2v) is 3.13. The van der Waals surface area contributed by atoms with E-state index in [9.17, 15) is 4.39 Å². The first kappa shape index (κ1) is 8.23. The standard InChI is InChI=1S/C10H11FN2/c11-9-6-3-7-10(13-9)12-8-4-1-2-5-8/h1-3,6-8H,4-5H2,(H,12,13). The van der Waals surface area contributed by atoms with Crippen LogP contribution in [0, 0.1) is 5.95 Å². The second kappa shape index (κ2) is 3.56. The van der Waals surface area contributed by atoms with Crippen molar-refractivity contribution in [3.05, 3.63) is 36.3 Å². The van der Waals surface area contributed by atoms with E-state index in [2.05, 4.69) is 22.5 Å². The molecule has 2 rings (SSSR count). The molecule has 1 aromatic rings. The van der Waals surface area contributed by atoms with Gasteiger partial charge in [0.05, 0.1) is 0 Å². The van der Waals surface area contributed by atoms with Crippen LogP contribution in [0.4, 0.5) is 10.2 Å². The third kappa shape index (κ3) is 2.05. The first-order chi connectivity index (χ1) is 6.34. The monoisotopic (exact) mass is 178 g/mol. The van der Waals surface area contributed by atoms with E-state index in [-0.39, 0.29) is 0 Å². The molecule has 0 aliphatic heterocycles. The molecule has 1 aliphatic carbocycles. The minimum absolute atomic E-state index is 0.384. The Hall–Kier alpha value is -1.38. The van der Waals surface area contributed by atoms with Gasteiger partial charge in [-0.3, -0.25) is 0 Å². The van der Waals surface area contributed by atoms with Crippen molar-refractivity contribution in [2.24, 2.45) is 0 Å². The molecule has 2 nitrogen and oxygen atoms in total. The van der Waals surface area contributed by atoms with Gasteiger partial charge < -0.3 is 5.32 Å². The van der Waals surface area contributed by atoms with Crippen LogP contribution in [0.25, 0.3) is 0 Å². The maximum Gasteiger partial charge on any atom is 0.214 e. The van der Waals surface area contributed by atoms with Crippen LogP contribution in [0.15, 0.2) is 30.4 Å². The lowest BCUT2D eigenvalue weighted by Crippen LogP contribution is -2.16. The van der Waals surface area contributed by atoms with Gasteiger partial charge in [-0.2, -0.15) is 4.39 Å². The third-order valence-electron chi connectivity index (χ3n) is 2.07. The SMILES string of the molecule is Fc1cccc(NC2CC=CC2)n1. The predicted molar refractivity (Wildman–Crippen MR) is 50.0 cm³/mol. The van der Waals surface area contributed by atoms with E-state index in [1.54, 1.807) is 12.1 Å². The summed E-state index contributed by atoms with van der Waals surface area (Å²) >= 11 is 0. The molecule has 1 aromatic heterocycles. The Morgan fingerprint density at radius 3 is 2.77 bits per heavy atom. The molecule has 0 amide bonds. The van der Waals surface area contributed by atoms with Crippen molar-refractivity contribution in [1.29, 1.82) is 0 Å². The van der Waals surface area contributed by atoms with Crippen molar-refractivity contribution in [1.82, 2.24) is 4.98 Å². The lowest BCUT2D eigenvalue weighted by atomic mass is 10.2. The number of pyridine rings is 1. The molecule has 0 saturated carbocycles. The highest BCUT2D eigenvalue weighted by atomic mass is 19.1. The van der Waals surface area contributed by atoms with Crippen molar-refractivity contribution in [2.45, 2.75) is 18.9 Å². The molecule has 13 heavy (non-hydrogen) atoms. The summed E-state index contributed by atoms with van der Waals surface area (Å²) in [4.78, 5) is 3.73. The van der Waals surface area contributed by atoms with Crippen LogP contribution in [0.5, 0.6) is 0 Å². The maximum absolute atomic E-state index is 12.7. The zero-order chi connectivity index (χ0) is 9.10. The molecule has 0 aromatic carbocycles. The quantitative estimate of drug-likeness (QED) is 0.555. The normalized spacial score (nSPS) is 16.4. The van der Waals surface area contributed by atoms with E-state index in [1.807, 2.05) is 0 Å². The first-order valence-electron chi connectivity index (χ1n) is 4.39. The lowest BCUT2D eigenvalue weighted by molar-refractivity contribution is 0.583. The fourth-order valence-electron chi connectivity index (χ4n) is 1.43. The Morgan fingerprint density at radius 1 is 1.31 bits per heavy atom. The van der Waals surface area contributed by atoms with Crippen LogP contribution < -0.4 is 5.32 Å². The van der Waals surface area contributed by atoms with Gasteiger partial charge in [0.1, 0.15) is 5.82 Å². The highest BCUT2D eigenvalue weighted by Gasteiger charge is 2.09. The van der Waals surface area contributed by atoms with Crippen molar-refractivity contribution in [3.63, 3.8) is 0 Å². The number of anilines is 1. The van der Waals surface area contributed by atoms with Gasteiger partial charge in [-0.25, -0.2) is 4.98 Å². The van der Waals surface area contributed by atoms with Gasteiger partial charge in [-0.15, -0.1) is 0 Å². The first-order valence-corrected chi connectivity index (χ1v) is 4.39. The van der Waals surface area contributed by atoms with E-state index in [1.165, 1.54) is 6.07 Å². The molecule has 3 heteroatoms. The summed E-state index contributed by atoms with van der Waals surface area (Å²) in [5.74, 6) is 0.185. The number of nitrogens with zero attached hydrogens (tertiary/aromatic N) is 1. The molecule has 0 atom stereocenters. The molecule has 68 valence electrons. The summed E-state index contributed by atoms with van der Waals surface area (Å²) in [5.41, 5.74) is 0. The molecule has 1 N–H and O–H groups in total. The highest BCUT2D eigenvalue weighted by Crippen LogP contribution is 2.14. The Morgan fingerprint density at radius 2 is 2.08 bits per heavy atom. The van der Waals surface area contributed by atoms with Crippen LogP contribution in [-0.2, 0) is 0 Å². The van der Waals surface area contributed by atoms with E-state index in [4.69, 9.17) is 0 Å². The zero-order valence-electron chi connectivity index (χ0n) is 7.20. The van der Waals surface area contributed by atoms with Gasteiger partial charge in [0.25, 0.3) is 0 Å². The molecule has 0 bridgehead atoms. The third-order valence-corrected chi connectivity index (χ3v) is 2.07. The van der Waals surface area contributed by atoms with E-state index in [0.717, 1.165) is 12.8 Å². The van der Waals surface area contributed by atoms with Crippen molar-refractivity contribution < 1.29 is 4.39 Å². The van der Waals surface area contributed by atoms with Crippen molar-refractivity contribution in [3.8, 4) is 0 Å². The lowest BCUT2D eigenvalue weighted by Gasteiger charge is -2.11. The van der Waals surface area contributed by atoms with Gasteiger partial charge in [0, 0.05) is 6.04 Å². The number of halogens is 1. The molecule has 0 radical (unpaired) electrons. The van der Waals surface area contributed by atoms with Crippen LogP contribution in [-0.4, -0.2) is 11.0 Å². The van der Waals surface area contributed by atoms with Crippen LogP contribution in [0.3, 0.4) is 0 Å². The summed E-state index contributed by atoms with van der Waals surface area (Å²) in [7, 11) is 0. The van der Waals surface area contributed by atoms with Crippen LogP contribution in [0.2, 0.25) is 0 Å².